The molecule has 1 aromatic rings. The van der Waals surface area contributed by atoms with Crippen LogP contribution in [0, 0.1) is 17.2 Å². The van der Waals surface area contributed by atoms with Gasteiger partial charge in [0.1, 0.15) is 0 Å². The summed E-state index contributed by atoms with van der Waals surface area (Å²) < 4.78 is 5.05. The number of anilines is 1. The van der Waals surface area contributed by atoms with Gasteiger partial charge in [0.2, 0.25) is 0 Å². The van der Waals surface area contributed by atoms with E-state index in [0.29, 0.717) is 18.2 Å². The number of nitrogens with one attached hydrogen (secondary N) is 1. The fraction of sp³-hybridized carbons (Fsp3) is 0.467. The summed E-state index contributed by atoms with van der Waals surface area (Å²) in [5.41, 5.74) is 1.65. The summed E-state index contributed by atoms with van der Waals surface area (Å²) in [5, 5.41) is 12.1. The van der Waals surface area contributed by atoms with Crippen LogP contribution >= 0.6 is 0 Å². The number of nitrogens with zero attached hydrogens (tertiary/aromatic N) is 1. The van der Waals surface area contributed by atoms with Crippen LogP contribution in [0.2, 0.25) is 0 Å². The number of ether oxygens (including phenoxy) is 1. The Hall–Kier alpha value is -2.02. The maximum Gasteiger partial charge on any atom is 0.308 e. The summed E-state index contributed by atoms with van der Waals surface area (Å²) in [7, 11) is 0. The molecule has 0 heterocycles. The minimum absolute atomic E-state index is 0.0239. The lowest BCUT2D eigenvalue weighted by Crippen LogP contribution is -2.19. The highest BCUT2D eigenvalue weighted by atomic mass is 16.5. The van der Waals surface area contributed by atoms with E-state index in [0.717, 1.165) is 24.9 Å². The fourth-order valence-corrected chi connectivity index (χ4v) is 2.46. The van der Waals surface area contributed by atoms with Crippen LogP contribution in [-0.2, 0) is 9.53 Å². The normalized spacial score (nSPS) is 21.7. The first-order valence-electron chi connectivity index (χ1n) is 6.66. The molecule has 19 heavy (non-hydrogen) atoms. The van der Waals surface area contributed by atoms with Gasteiger partial charge in [0.15, 0.2) is 0 Å². The van der Waals surface area contributed by atoms with Gasteiger partial charge >= 0.3 is 5.97 Å². The Bertz CT molecular complexity index is 476. The third kappa shape index (κ3) is 3.47. The average Bonchev–Trinajstić information content (AvgIpc) is 2.88. The molecule has 0 bridgehead atoms. The van der Waals surface area contributed by atoms with Crippen molar-refractivity contribution in [3.8, 4) is 6.07 Å². The van der Waals surface area contributed by atoms with E-state index in [9.17, 15) is 4.79 Å². The molecule has 1 aliphatic rings. The second kappa shape index (κ2) is 6.24. The first-order valence-corrected chi connectivity index (χ1v) is 6.66. The molecule has 2 rings (SSSR count). The van der Waals surface area contributed by atoms with Crippen LogP contribution in [-0.4, -0.2) is 18.6 Å². The Balaban J connectivity index is 1.87. The molecule has 1 N–H and O–H groups in total. The Kier molecular flexibility index (Phi) is 4.40. The van der Waals surface area contributed by atoms with Crippen LogP contribution in [0.4, 0.5) is 5.69 Å². The zero-order chi connectivity index (χ0) is 13.7. The van der Waals surface area contributed by atoms with Crippen molar-refractivity contribution in [1.29, 1.82) is 5.26 Å². The summed E-state index contributed by atoms with van der Waals surface area (Å²) in [6, 6.07) is 9.78. The van der Waals surface area contributed by atoms with E-state index in [1.54, 1.807) is 12.1 Å². The molecule has 0 aromatic heterocycles. The average molecular weight is 258 g/mol. The van der Waals surface area contributed by atoms with Crippen LogP contribution < -0.4 is 5.32 Å². The predicted octanol–water partition coefficient (Wildman–Crippen LogP) is 2.70. The van der Waals surface area contributed by atoms with Gasteiger partial charge in [0.05, 0.1) is 24.2 Å². The number of nitriles is 1. The van der Waals surface area contributed by atoms with E-state index in [2.05, 4.69) is 11.4 Å². The SMILES string of the molecule is CCOC(=O)[C@H]1CC[C@@H](Nc2ccc(C#N)cc2)C1. The van der Waals surface area contributed by atoms with Gasteiger partial charge in [-0.3, -0.25) is 4.79 Å². The smallest absolute Gasteiger partial charge is 0.308 e. The molecule has 4 heteroatoms. The quantitative estimate of drug-likeness (QED) is 0.843. The van der Waals surface area contributed by atoms with E-state index in [1.807, 2.05) is 19.1 Å². The van der Waals surface area contributed by atoms with Gasteiger partial charge in [-0.2, -0.15) is 5.26 Å². The second-order valence-corrected chi connectivity index (χ2v) is 4.79. The van der Waals surface area contributed by atoms with Crippen LogP contribution in [0.3, 0.4) is 0 Å². The van der Waals surface area contributed by atoms with Gasteiger partial charge in [0, 0.05) is 11.7 Å². The summed E-state index contributed by atoms with van der Waals surface area (Å²) in [6.07, 6.45) is 2.68. The molecule has 100 valence electrons. The fourth-order valence-electron chi connectivity index (χ4n) is 2.46. The lowest BCUT2D eigenvalue weighted by molar-refractivity contribution is -0.147. The standard InChI is InChI=1S/C15H18N2O2/c1-2-19-15(18)12-5-8-14(9-12)17-13-6-3-11(10-16)4-7-13/h3-4,6-7,12,14,17H,2,5,8-9H2,1H3/t12-,14+/m0/s1. The molecule has 0 amide bonds. The lowest BCUT2D eigenvalue weighted by atomic mass is 10.1. The van der Waals surface area contributed by atoms with Crippen molar-refractivity contribution < 1.29 is 9.53 Å². The molecule has 1 fully saturated rings. The Morgan fingerprint density at radius 2 is 2.16 bits per heavy atom. The molecule has 1 saturated carbocycles. The molecule has 1 aromatic carbocycles. The summed E-state index contributed by atoms with van der Waals surface area (Å²) in [4.78, 5) is 11.6. The van der Waals surface area contributed by atoms with Crippen molar-refractivity contribution in [2.24, 2.45) is 5.92 Å². The molecular formula is C15H18N2O2. The summed E-state index contributed by atoms with van der Waals surface area (Å²) >= 11 is 0. The molecule has 0 aliphatic heterocycles. The summed E-state index contributed by atoms with van der Waals surface area (Å²) in [6.45, 7) is 2.28. The van der Waals surface area contributed by atoms with Gasteiger partial charge in [-0.15, -0.1) is 0 Å². The number of benzene rings is 1. The van der Waals surface area contributed by atoms with Gasteiger partial charge in [-0.05, 0) is 50.5 Å². The van der Waals surface area contributed by atoms with Crippen molar-refractivity contribution >= 4 is 11.7 Å². The number of carbonyl (C=O) groups is 1. The zero-order valence-electron chi connectivity index (χ0n) is 11.1. The largest absolute Gasteiger partial charge is 0.466 e. The Labute approximate surface area is 113 Å². The third-order valence-electron chi connectivity index (χ3n) is 3.44. The van der Waals surface area contributed by atoms with Crippen molar-refractivity contribution in [2.45, 2.75) is 32.2 Å². The monoisotopic (exact) mass is 258 g/mol. The molecule has 0 saturated heterocycles. The Morgan fingerprint density at radius 3 is 2.79 bits per heavy atom. The zero-order valence-corrected chi connectivity index (χ0v) is 11.1. The maximum atomic E-state index is 11.6. The van der Waals surface area contributed by atoms with Crippen molar-refractivity contribution in [3.05, 3.63) is 29.8 Å². The van der Waals surface area contributed by atoms with Gasteiger partial charge < -0.3 is 10.1 Å². The van der Waals surface area contributed by atoms with Crippen LogP contribution in [0.1, 0.15) is 31.7 Å². The van der Waals surface area contributed by atoms with Gasteiger partial charge in [-0.25, -0.2) is 0 Å². The third-order valence-corrected chi connectivity index (χ3v) is 3.44. The molecular weight excluding hydrogens is 240 g/mol. The number of carbonyl (C=O) groups excluding carboxylic acids is 1. The second-order valence-electron chi connectivity index (χ2n) is 4.79. The number of hydrogen-bond donors (Lipinski definition) is 1. The van der Waals surface area contributed by atoms with Crippen molar-refractivity contribution in [2.75, 3.05) is 11.9 Å². The topological polar surface area (TPSA) is 62.1 Å². The highest BCUT2D eigenvalue weighted by molar-refractivity contribution is 5.73. The maximum absolute atomic E-state index is 11.6. The van der Waals surface area contributed by atoms with Crippen molar-refractivity contribution in [3.63, 3.8) is 0 Å². The first-order chi connectivity index (χ1) is 9.22. The molecule has 0 radical (unpaired) electrons. The summed E-state index contributed by atoms with van der Waals surface area (Å²) in [5.74, 6) is -0.0533. The Morgan fingerprint density at radius 1 is 1.42 bits per heavy atom. The van der Waals surface area contributed by atoms with Crippen molar-refractivity contribution in [1.82, 2.24) is 0 Å². The van der Waals surface area contributed by atoms with E-state index < -0.39 is 0 Å². The molecule has 0 spiro atoms. The number of esters is 1. The molecule has 0 unspecified atom stereocenters. The van der Waals surface area contributed by atoms with Crippen LogP contribution in [0.5, 0.6) is 0 Å². The highest BCUT2D eigenvalue weighted by Gasteiger charge is 2.30. The van der Waals surface area contributed by atoms with Gasteiger partial charge in [0.25, 0.3) is 0 Å². The van der Waals surface area contributed by atoms with E-state index >= 15 is 0 Å². The lowest BCUT2D eigenvalue weighted by Gasteiger charge is -2.14. The predicted molar refractivity (Wildman–Crippen MR) is 72.5 cm³/mol. The van der Waals surface area contributed by atoms with Crippen LogP contribution in [0.15, 0.2) is 24.3 Å². The van der Waals surface area contributed by atoms with E-state index in [-0.39, 0.29) is 11.9 Å². The highest BCUT2D eigenvalue weighted by Crippen LogP contribution is 2.29. The first kappa shape index (κ1) is 13.4. The minimum atomic E-state index is -0.0772. The van der Waals surface area contributed by atoms with E-state index in [4.69, 9.17) is 10.00 Å². The van der Waals surface area contributed by atoms with Gasteiger partial charge in [-0.1, -0.05) is 0 Å². The van der Waals surface area contributed by atoms with E-state index in [1.165, 1.54) is 0 Å². The molecule has 2 atom stereocenters. The number of rotatable bonds is 4. The molecule has 4 nitrogen and oxygen atoms in total. The molecule has 1 aliphatic carbocycles. The minimum Gasteiger partial charge on any atom is -0.466 e. The number of hydrogen-bond acceptors (Lipinski definition) is 4. The van der Waals surface area contributed by atoms with Crippen LogP contribution in [0.25, 0.3) is 0 Å².